The van der Waals surface area contributed by atoms with Crippen LogP contribution in [0, 0.1) is 0 Å². The molecule has 1 heterocycles. The van der Waals surface area contributed by atoms with Crippen molar-refractivity contribution in [3.8, 4) is 17.1 Å². The van der Waals surface area contributed by atoms with Gasteiger partial charge in [0.2, 0.25) is 11.7 Å². The normalized spacial score (nSPS) is 10.3. The number of hydrogen-bond donors (Lipinski definition) is 1. The Hall–Kier alpha value is -3.15. The molecule has 1 amide bonds. The molecule has 0 aliphatic rings. The van der Waals surface area contributed by atoms with Crippen molar-refractivity contribution in [2.45, 2.75) is 6.42 Å². The largest absolute Gasteiger partial charge is 0.484 e. The molecule has 6 nitrogen and oxygen atoms in total. The van der Waals surface area contributed by atoms with E-state index in [1.165, 1.54) is 0 Å². The highest BCUT2D eigenvalue weighted by Gasteiger charge is 2.09. The van der Waals surface area contributed by atoms with E-state index in [4.69, 9.17) is 9.26 Å². The van der Waals surface area contributed by atoms with Gasteiger partial charge in [0.1, 0.15) is 5.75 Å². The monoisotopic (exact) mass is 323 g/mol. The maximum Gasteiger partial charge on any atom is 0.257 e. The van der Waals surface area contributed by atoms with Gasteiger partial charge >= 0.3 is 0 Å². The first-order valence-corrected chi connectivity index (χ1v) is 7.64. The Morgan fingerprint density at radius 2 is 1.75 bits per heavy atom. The Morgan fingerprint density at radius 3 is 2.50 bits per heavy atom. The van der Waals surface area contributed by atoms with Crippen molar-refractivity contribution in [2.75, 3.05) is 13.2 Å². The average molecular weight is 323 g/mol. The van der Waals surface area contributed by atoms with E-state index in [1.807, 2.05) is 48.5 Å². The summed E-state index contributed by atoms with van der Waals surface area (Å²) >= 11 is 0. The number of hydrogen-bond acceptors (Lipinski definition) is 5. The van der Waals surface area contributed by atoms with Gasteiger partial charge in [-0.3, -0.25) is 4.79 Å². The second-order valence-corrected chi connectivity index (χ2v) is 5.08. The summed E-state index contributed by atoms with van der Waals surface area (Å²) in [7, 11) is 0. The summed E-state index contributed by atoms with van der Waals surface area (Å²) in [6, 6.07) is 18.8. The maximum absolute atomic E-state index is 11.7. The van der Waals surface area contributed by atoms with Crippen LogP contribution in [0.2, 0.25) is 0 Å². The predicted molar refractivity (Wildman–Crippen MR) is 88.4 cm³/mol. The van der Waals surface area contributed by atoms with Crippen LogP contribution in [0.15, 0.2) is 65.2 Å². The van der Waals surface area contributed by atoms with Gasteiger partial charge in [-0.05, 0) is 12.1 Å². The molecule has 122 valence electrons. The fourth-order valence-electron chi connectivity index (χ4n) is 2.09. The third-order valence-electron chi connectivity index (χ3n) is 3.27. The molecule has 0 saturated carbocycles. The van der Waals surface area contributed by atoms with Gasteiger partial charge in [-0.15, -0.1) is 0 Å². The molecular weight excluding hydrogens is 306 g/mol. The third-order valence-corrected chi connectivity index (χ3v) is 3.27. The number of aromatic nitrogens is 2. The highest BCUT2D eigenvalue weighted by atomic mass is 16.5. The number of para-hydroxylation sites is 1. The first kappa shape index (κ1) is 15.7. The van der Waals surface area contributed by atoms with Crippen LogP contribution in [-0.4, -0.2) is 29.2 Å². The van der Waals surface area contributed by atoms with E-state index in [1.54, 1.807) is 12.1 Å². The van der Waals surface area contributed by atoms with Crippen LogP contribution in [0.25, 0.3) is 11.4 Å². The number of nitrogens with zero attached hydrogens (tertiary/aromatic N) is 2. The van der Waals surface area contributed by atoms with Gasteiger partial charge in [0, 0.05) is 18.5 Å². The number of nitrogens with one attached hydrogen (secondary N) is 1. The van der Waals surface area contributed by atoms with E-state index in [9.17, 15) is 4.79 Å². The average Bonchev–Trinajstić information content (AvgIpc) is 3.11. The van der Waals surface area contributed by atoms with E-state index in [2.05, 4.69) is 15.5 Å². The van der Waals surface area contributed by atoms with Crippen molar-refractivity contribution < 1.29 is 14.1 Å². The van der Waals surface area contributed by atoms with E-state index >= 15 is 0 Å². The topological polar surface area (TPSA) is 77.2 Å². The summed E-state index contributed by atoms with van der Waals surface area (Å²) in [5.41, 5.74) is 0.896. The molecule has 0 aliphatic heterocycles. The minimum absolute atomic E-state index is 0.0247. The van der Waals surface area contributed by atoms with Crippen LogP contribution in [-0.2, 0) is 11.2 Å². The van der Waals surface area contributed by atoms with Crippen LogP contribution in [0.4, 0.5) is 0 Å². The standard InChI is InChI=1S/C18H17N3O3/c22-16(13-23-15-9-5-2-6-10-15)19-12-11-17-20-18(21-24-17)14-7-3-1-4-8-14/h1-10H,11-13H2,(H,19,22). The molecule has 6 heteroatoms. The molecule has 0 unspecified atom stereocenters. The smallest absolute Gasteiger partial charge is 0.257 e. The number of ether oxygens (including phenoxy) is 1. The summed E-state index contributed by atoms with van der Waals surface area (Å²) < 4.78 is 10.6. The summed E-state index contributed by atoms with van der Waals surface area (Å²) in [6.45, 7) is 0.385. The quantitative estimate of drug-likeness (QED) is 0.723. The molecule has 3 rings (SSSR count). The second kappa shape index (κ2) is 7.92. The van der Waals surface area contributed by atoms with E-state index in [0.29, 0.717) is 30.4 Å². The highest BCUT2D eigenvalue weighted by molar-refractivity contribution is 5.77. The van der Waals surface area contributed by atoms with Gasteiger partial charge in [0.25, 0.3) is 5.91 Å². The zero-order chi connectivity index (χ0) is 16.6. The Kier molecular flexibility index (Phi) is 5.19. The minimum Gasteiger partial charge on any atom is -0.484 e. The lowest BCUT2D eigenvalue weighted by atomic mass is 10.2. The molecule has 24 heavy (non-hydrogen) atoms. The third kappa shape index (κ3) is 4.42. The Balaban J connectivity index is 1.42. The molecule has 0 aliphatic carbocycles. The molecule has 0 radical (unpaired) electrons. The van der Waals surface area contributed by atoms with Gasteiger partial charge in [-0.25, -0.2) is 0 Å². The minimum atomic E-state index is -0.193. The van der Waals surface area contributed by atoms with Gasteiger partial charge in [-0.1, -0.05) is 53.7 Å². The number of carbonyl (C=O) groups is 1. The summed E-state index contributed by atoms with van der Waals surface area (Å²) in [4.78, 5) is 16.0. The maximum atomic E-state index is 11.7. The van der Waals surface area contributed by atoms with Gasteiger partial charge in [-0.2, -0.15) is 4.98 Å². The van der Waals surface area contributed by atoms with Gasteiger partial charge in [0.15, 0.2) is 6.61 Å². The predicted octanol–water partition coefficient (Wildman–Crippen LogP) is 2.47. The molecule has 0 fully saturated rings. The van der Waals surface area contributed by atoms with Crippen LogP contribution >= 0.6 is 0 Å². The van der Waals surface area contributed by atoms with Crippen molar-refractivity contribution in [3.63, 3.8) is 0 Å². The van der Waals surface area contributed by atoms with Crippen LogP contribution < -0.4 is 10.1 Å². The van der Waals surface area contributed by atoms with Crippen molar-refractivity contribution in [2.24, 2.45) is 0 Å². The SMILES string of the molecule is O=C(COc1ccccc1)NCCc1nc(-c2ccccc2)no1. The lowest BCUT2D eigenvalue weighted by Crippen LogP contribution is -2.30. The zero-order valence-corrected chi connectivity index (χ0v) is 13.0. The fourth-order valence-corrected chi connectivity index (χ4v) is 2.09. The number of benzene rings is 2. The van der Waals surface area contributed by atoms with E-state index in [-0.39, 0.29) is 12.5 Å². The molecule has 1 aromatic heterocycles. The van der Waals surface area contributed by atoms with Crippen LogP contribution in [0.1, 0.15) is 5.89 Å². The molecule has 0 saturated heterocycles. The fraction of sp³-hybridized carbons (Fsp3) is 0.167. The molecule has 3 aromatic rings. The van der Waals surface area contributed by atoms with Crippen LogP contribution in [0.3, 0.4) is 0 Å². The van der Waals surface area contributed by atoms with Gasteiger partial charge in [0.05, 0.1) is 0 Å². The Labute approximate surface area is 139 Å². The highest BCUT2D eigenvalue weighted by Crippen LogP contribution is 2.14. The Morgan fingerprint density at radius 1 is 1.04 bits per heavy atom. The zero-order valence-electron chi connectivity index (χ0n) is 13.0. The summed E-state index contributed by atoms with van der Waals surface area (Å²) in [6.07, 6.45) is 0.469. The lowest BCUT2D eigenvalue weighted by Gasteiger charge is -2.06. The number of carbonyl (C=O) groups excluding carboxylic acids is 1. The summed E-state index contributed by atoms with van der Waals surface area (Å²) in [5, 5.41) is 6.70. The summed E-state index contributed by atoms with van der Waals surface area (Å²) in [5.74, 6) is 1.50. The van der Waals surface area contributed by atoms with E-state index in [0.717, 1.165) is 5.56 Å². The van der Waals surface area contributed by atoms with Crippen molar-refractivity contribution >= 4 is 5.91 Å². The molecule has 0 spiro atoms. The van der Waals surface area contributed by atoms with Gasteiger partial charge < -0.3 is 14.6 Å². The van der Waals surface area contributed by atoms with Crippen molar-refractivity contribution in [1.29, 1.82) is 0 Å². The van der Waals surface area contributed by atoms with Crippen molar-refractivity contribution in [1.82, 2.24) is 15.5 Å². The van der Waals surface area contributed by atoms with E-state index < -0.39 is 0 Å². The number of rotatable bonds is 7. The lowest BCUT2D eigenvalue weighted by molar-refractivity contribution is -0.123. The second-order valence-electron chi connectivity index (χ2n) is 5.08. The molecule has 1 N–H and O–H groups in total. The number of amides is 1. The van der Waals surface area contributed by atoms with Crippen molar-refractivity contribution in [3.05, 3.63) is 66.6 Å². The molecule has 0 atom stereocenters. The molecular formula is C18H17N3O3. The first-order chi connectivity index (χ1) is 11.8. The first-order valence-electron chi connectivity index (χ1n) is 7.64. The van der Waals surface area contributed by atoms with Crippen LogP contribution in [0.5, 0.6) is 5.75 Å². The Bertz CT molecular complexity index is 772. The molecule has 2 aromatic carbocycles. The molecule has 0 bridgehead atoms.